The van der Waals surface area contributed by atoms with E-state index in [2.05, 4.69) is 37.3 Å². The lowest BCUT2D eigenvalue weighted by Gasteiger charge is -2.36. The van der Waals surface area contributed by atoms with Crippen molar-refractivity contribution in [3.05, 3.63) is 70.7 Å². The number of hydrogen-bond acceptors (Lipinski definition) is 8. The Balaban J connectivity index is 1.56. The molecule has 1 aliphatic heterocycles. The van der Waals surface area contributed by atoms with Gasteiger partial charge in [-0.25, -0.2) is 15.0 Å². The van der Waals surface area contributed by atoms with Crippen molar-refractivity contribution in [3.63, 3.8) is 0 Å². The van der Waals surface area contributed by atoms with Gasteiger partial charge in [0, 0.05) is 38.1 Å². The first-order valence-electron chi connectivity index (χ1n) is 9.36. The summed E-state index contributed by atoms with van der Waals surface area (Å²) in [6.45, 7) is 4.71. The highest BCUT2D eigenvalue weighted by atomic mass is 16.6. The molecule has 2 aromatic heterocycles. The third-order valence-corrected chi connectivity index (χ3v) is 4.84. The van der Waals surface area contributed by atoms with Crippen molar-refractivity contribution in [3.8, 4) is 0 Å². The first-order chi connectivity index (χ1) is 14.1. The summed E-state index contributed by atoms with van der Waals surface area (Å²) in [6.07, 6.45) is 3.04. The molecule has 9 nitrogen and oxygen atoms in total. The zero-order chi connectivity index (χ0) is 20.2. The van der Waals surface area contributed by atoms with Gasteiger partial charge >= 0.3 is 5.69 Å². The molecule has 1 aromatic carbocycles. The topological polar surface area (TPSA) is 100 Å². The highest BCUT2D eigenvalue weighted by Crippen LogP contribution is 2.34. The SMILES string of the molecule is Cc1ccc(Nc2ncnc(N3CCN(c4ccccc4)CC3)c2[N+](=O)[O-])nc1. The second kappa shape index (κ2) is 8.09. The van der Waals surface area contributed by atoms with Gasteiger partial charge in [0.1, 0.15) is 12.1 Å². The number of nitrogens with one attached hydrogen (secondary N) is 1. The molecular formula is C20H21N7O2. The van der Waals surface area contributed by atoms with E-state index in [1.165, 1.54) is 6.33 Å². The number of aryl methyl sites for hydroxylation is 1. The van der Waals surface area contributed by atoms with Crippen LogP contribution in [0.25, 0.3) is 0 Å². The molecule has 0 aliphatic carbocycles. The number of para-hydroxylation sites is 1. The van der Waals surface area contributed by atoms with Crippen molar-refractivity contribution in [2.45, 2.75) is 6.92 Å². The van der Waals surface area contributed by atoms with Gasteiger partial charge in [-0.05, 0) is 30.7 Å². The Hall–Kier alpha value is -3.75. The Morgan fingerprint density at radius 2 is 1.69 bits per heavy atom. The molecule has 3 aromatic rings. The second-order valence-electron chi connectivity index (χ2n) is 6.81. The van der Waals surface area contributed by atoms with Crippen LogP contribution in [0.1, 0.15) is 5.56 Å². The predicted molar refractivity (Wildman–Crippen MR) is 112 cm³/mol. The average Bonchev–Trinajstić information content (AvgIpc) is 2.76. The molecule has 0 bridgehead atoms. The van der Waals surface area contributed by atoms with Crippen LogP contribution < -0.4 is 15.1 Å². The molecular weight excluding hydrogens is 370 g/mol. The van der Waals surface area contributed by atoms with Crippen LogP contribution in [0.15, 0.2) is 55.0 Å². The molecule has 4 rings (SSSR count). The van der Waals surface area contributed by atoms with Crippen molar-refractivity contribution in [2.75, 3.05) is 41.3 Å². The van der Waals surface area contributed by atoms with Gasteiger partial charge in [-0.15, -0.1) is 0 Å². The highest BCUT2D eigenvalue weighted by molar-refractivity contribution is 5.73. The molecule has 0 radical (unpaired) electrons. The van der Waals surface area contributed by atoms with Crippen molar-refractivity contribution in [1.82, 2.24) is 15.0 Å². The molecule has 1 fully saturated rings. The maximum absolute atomic E-state index is 11.8. The van der Waals surface area contributed by atoms with E-state index in [0.29, 0.717) is 24.7 Å². The van der Waals surface area contributed by atoms with E-state index >= 15 is 0 Å². The van der Waals surface area contributed by atoms with Gasteiger partial charge in [-0.3, -0.25) is 10.1 Å². The summed E-state index contributed by atoms with van der Waals surface area (Å²) in [5, 5.41) is 14.8. The highest BCUT2D eigenvalue weighted by Gasteiger charge is 2.29. The van der Waals surface area contributed by atoms with Crippen LogP contribution >= 0.6 is 0 Å². The lowest BCUT2D eigenvalue weighted by atomic mass is 10.2. The number of rotatable bonds is 5. The van der Waals surface area contributed by atoms with Crippen molar-refractivity contribution in [2.24, 2.45) is 0 Å². The second-order valence-corrected chi connectivity index (χ2v) is 6.81. The quantitative estimate of drug-likeness (QED) is 0.523. The fraction of sp³-hybridized carbons (Fsp3) is 0.250. The Bertz CT molecular complexity index is 987. The monoisotopic (exact) mass is 391 g/mol. The Morgan fingerprint density at radius 1 is 0.966 bits per heavy atom. The molecule has 0 spiro atoms. The molecule has 0 unspecified atom stereocenters. The van der Waals surface area contributed by atoms with Crippen LogP contribution in [-0.2, 0) is 0 Å². The van der Waals surface area contributed by atoms with E-state index in [9.17, 15) is 10.1 Å². The summed E-state index contributed by atoms with van der Waals surface area (Å²) in [7, 11) is 0. The van der Waals surface area contributed by atoms with E-state index in [0.717, 1.165) is 24.3 Å². The van der Waals surface area contributed by atoms with Gasteiger partial charge in [0.05, 0.1) is 4.92 Å². The van der Waals surface area contributed by atoms with Gasteiger partial charge in [-0.2, -0.15) is 0 Å². The van der Waals surface area contributed by atoms with Crippen LogP contribution in [-0.4, -0.2) is 46.1 Å². The minimum Gasteiger partial charge on any atom is -0.368 e. The van der Waals surface area contributed by atoms with Gasteiger partial charge < -0.3 is 15.1 Å². The number of aromatic nitrogens is 3. The van der Waals surface area contributed by atoms with Crippen LogP contribution in [0.2, 0.25) is 0 Å². The molecule has 1 aliphatic rings. The van der Waals surface area contributed by atoms with Crippen molar-refractivity contribution in [1.29, 1.82) is 0 Å². The van der Waals surface area contributed by atoms with Crippen LogP contribution in [0.5, 0.6) is 0 Å². The first kappa shape index (κ1) is 18.6. The normalized spacial score (nSPS) is 14.0. The number of hydrogen-bond donors (Lipinski definition) is 1. The van der Waals surface area contributed by atoms with Crippen molar-refractivity contribution >= 4 is 28.8 Å². The largest absolute Gasteiger partial charge is 0.368 e. The number of nitro groups is 1. The van der Waals surface area contributed by atoms with E-state index in [1.54, 1.807) is 12.3 Å². The summed E-state index contributed by atoms with van der Waals surface area (Å²) in [6, 6.07) is 13.8. The zero-order valence-electron chi connectivity index (χ0n) is 16.0. The van der Waals surface area contributed by atoms with Gasteiger partial charge in [0.2, 0.25) is 11.6 Å². The molecule has 1 saturated heterocycles. The molecule has 3 heterocycles. The fourth-order valence-corrected chi connectivity index (χ4v) is 3.34. The van der Waals surface area contributed by atoms with Crippen LogP contribution in [0.3, 0.4) is 0 Å². The summed E-state index contributed by atoms with van der Waals surface area (Å²) < 4.78 is 0. The van der Waals surface area contributed by atoms with Crippen LogP contribution in [0, 0.1) is 17.0 Å². The van der Waals surface area contributed by atoms with E-state index in [1.807, 2.05) is 36.1 Å². The molecule has 0 atom stereocenters. The van der Waals surface area contributed by atoms with E-state index in [4.69, 9.17) is 0 Å². The summed E-state index contributed by atoms with van der Waals surface area (Å²) in [4.78, 5) is 28.2. The molecule has 9 heteroatoms. The summed E-state index contributed by atoms with van der Waals surface area (Å²) in [5.41, 5.74) is 2.02. The molecule has 29 heavy (non-hydrogen) atoms. The Kier molecular flexibility index (Phi) is 5.19. The smallest absolute Gasteiger partial charge is 0.353 e. The molecule has 1 N–H and O–H groups in total. The number of pyridine rings is 1. The maximum atomic E-state index is 11.8. The molecule has 148 valence electrons. The van der Waals surface area contributed by atoms with E-state index in [-0.39, 0.29) is 11.5 Å². The standard InChI is InChI=1S/C20H21N7O2/c1-15-7-8-17(21-13-15)24-19-18(27(28)29)20(23-14-22-19)26-11-9-25(10-12-26)16-5-3-2-4-6-16/h2-8,13-14H,9-12H2,1H3,(H,21,22,23,24). The average molecular weight is 391 g/mol. The molecule has 0 saturated carbocycles. The van der Waals surface area contributed by atoms with Gasteiger partial charge in [0.15, 0.2) is 0 Å². The Labute approximate surface area is 168 Å². The third kappa shape index (κ3) is 4.08. The van der Waals surface area contributed by atoms with Crippen molar-refractivity contribution < 1.29 is 4.92 Å². The minimum atomic E-state index is -0.435. The number of anilines is 4. The van der Waals surface area contributed by atoms with E-state index < -0.39 is 4.92 Å². The first-order valence-corrected chi connectivity index (χ1v) is 9.36. The minimum absolute atomic E-state index is 0.136. The zero-order valence-corrected chi connectivity index (χ0v) is 16.0. The molecule has 0 amide bonds. The number of piperazine rings is 1. The lowest BCUT2D eigenvalue weighted by Crippen LogP contribution is -2.47. The summed E-state index contributed by atoms with van der Waals surface area (Å²) in [5.74, 6) is 0.964. The maximum Gasteiger partial charge on any atom is 0.353 e. The Morgan fingerprint density at radius 3 is 2.34 bits per heavy atom. The van der Waals surface area contributed by atoms with Gasteiger partial charge in [-0.1, -0.05) is 24.3 Å². The van der Waals surface area contributed by atoms with Crippen LogP contribution in [0.4, 0.5) is 28.8 Å². The fourth-order valence-electron chi connectivity index (χ4n) is 3.34. The number of nitrogens with zero attached hydrogens (tertiary/aromatic N) is 6. The predicted octanol–water partition coefficient (Wildman–Crippen LogP) is 3.16. The van der Waals surface area contributed by atoms with Gasteiger partial charge in [0.25, 0.3) is 0 Å². The lowest BCUT2D eigenvalue weighted by molar-refractivity contribution is -0.383. The number of benzene rings is 1. The third-order valence-electron chi connectivity index (χ3n) is 4.84. The summed E-state index contributed by atoms with van der Waals surface area (Å²) >= 11 is 0.